The van der Waals surface area contributed by atoms with Crippen molar-refractivity contribution in [3.8, 4) is 22.9 Å². The number of nitriles is 1. The number of carbonyl (C=O) groups is 2. The van der Waals surface area contributed by atoms with Crippen molar-refractivity contribution in [2.24, 2.45) is 5.92 Å². The van der Waals surface area contributed by atoms with Gasteiger partial charge >= 0.3 is 5.97 Å². The number of aryl methyl sites for hydroxylation is 1. The van der Waals surface area contributed by atoms with Crippen LogP contribution in [-0.2, 0) is 9.53 Å². The minimum atomic E-state index is -0.438. The molecular weight excluding hydrogens is 438 g/mol. The molecule has 1 aromatic carbocycles. The zero-order valence-electron chi connectivity index (χ0n) is 19.5. The summed E-state index contributed by atoms with van der Waals surface area (Å²) in [5.74, 6) is 0.142. The van der Waals surface area contributed by atoms with E-state index in [2.05, 4.69) is 16.3 Å². The fraction of sp³-hybridized carbons (Fsp3) is 0.480. The Kier molecular flexibility index (Phi) is 8.87. The Morgan fingerprint density at radius 2 is 1.88 bits per heavy atom. The zero-order chi connectivity index (χ0) is 23.8. The summed E-state index contributed by atoms with van der Waals surface area (Å²) in [6.45, 7) is 8.82. The van der Waals surface area contributed by atoms with Crippen molar-refractivity contribution in [1.82, 2.24) is 4.90 Å². The molecule has 0 bridgehead atoms. The number of carbonyl (C=O) groups excluding carboxylic acids is 2. The second-order valence-electron chi connectivity index (χ2n) is 7.93. The molecule has 0 spiro atoms. The number of likely N-dealkylation sites (tertiary alicyclic amines) is 1. The fourth-order valence-corrected chi connectivity index (χ4v) is 5.17. The van der Waals surface area contributed by atoms with Gasteiger partial charge in [0.25, 0.3) is 0 Å². The number of nitrogens with one attached hydrogen (secondary N) is 1. The van der Waals surface area contributed by atoms with Gasteiger partial charge in [0.1, 0.15) is 16.3 Å². The summed E-state index contributed by atoms with van der Waals surface area (Å²) in [5, 5.41) is 12.3. The van der Waals surface area contributed by atoms with Gasteiger partial charge in [-0.05, 0) is 64.4 Å². The number of rotatable bonds is 9. The summed E-state index contributed by atoms with van der Waals surface area (Å²) in [4.78, 5) is 29.1. The first kappa shape index (κ1) is 24.7. The van der Waals surface area contributed by atoms with Gasteiger partial charge in [-0.1, -0.05) is 12.1 Å². The topological polar surface area (TPSA) is 91.7 Å². The average Bonchev–Trinajstić information content (AvgIpc) is 3.14. The molecule has 7 nitrogen and oxygen atoms in total. The van der Waals surface area contributed by atoms with Gasteiger partial charge in [0, 0.05) is 29.3 Å². The van der Waals surface area contributed by atoms with Crippen molar-refractivity contribution in [3.63, 3.8) is 0 Å². The van der Waals surface area contributed by atoms with Crippen molar-refractivity contribution in [2.45, 2.75) is 40.0 Å². The van der Waals surface area contributed by atoms with E-state index >= 15 is 0 Å². The number of anilines is 1. The van der Waals surface area contributed by atoms with Gasteiger partial charge in [-0.15, -0.1) is 11.3 Å². The number of ether oxygens (including phenoxy) is 2. The molecule has 0 atom stereocenters. The van der Waals surface area contributed by atoms with Gasteiger partial charge in [0.2, 0.25) is 5.91 Å². The van der Waals surface area contributed by atoms with Gasteiger partial charge in [-0.25, -0.2) is 4.79 Å². The Morgan fingerprint density at radius 1 is 1.18 bits per heavy atom. The number of hydrogen-bond donors (Lipinski definition) is 1. The van der Waals surface area contributed by atoms with E-state index in [1.807, 2.05) is 38.1 Å². The van der Waals surface area contributed by atoms with Gasteiger partial charge in [0.05, 0.1) is 19.3 Å². The highest BCUT2D eigenvalue weighted by molar-refractivity contribution is 7.17. The first-order chi connectivity index (χ1) is 16.0. The number of hydrogen-bond acceptors (Lipinski definition) is 7. The number of benzene rings is 1. The van der Waals surface area contributed by atoms with Gasteiger partial charge < -0.3 is 19.7 Å². The summed E-state index contributed by atoms with van der Waals surface area (Å²) in [7, 11) is 0. The van der Waals surface area contributed by atoms with Crippen LogP contribution >= 0.6 is 11.3 Å². The highest BCUT2D eigenvalue weighted by atomic mass is 32.1. The van der Waals surface area contributed by atoms with E-state index in [1.54, 1.807) is 6.92 Å². The number of amides is 1. The monoisotopic (exact) mass is 469 g/mol. The molecule has 0 radical (unpaired) electrons. The van der Waals surface area contributed by atoms with Crippen LogP contribution < -0.4 is 10.1 Å². The lowest BCUT2D eigenvalue weighted by atomic mass is 9.95. The second-order valence-corrected chi connectivity index (χ2v) is 9.15. The third-order valence-electron chi connectivity index (χ3n) is 5.75. The van der Waals surface area contributed by atoms with E-state index < -0.39 is 5.97 Å². The quantitative estimate of drug-likeness (QED) is 0.527. The summed E-state index contributed by atoms with van der Waals surface area (Å²) in [5.41, 5.74) is 2.06. The maximum atomic E-state index is 13.1. The predicted molar refractivity (Wildman–Crippen MR) is 130 cm³/mol. The van der Waals surface area contributed by atoms with E-state index in [-0.39, 0.29) is 18.4 Å². The average molecular weight is 470 g/mol. The molecule has 3 rings (SSSR count). The Balaban J connectivity index is 1.82. The normalized spacial score (nSPS) is 14.5. The van der Waals surface area contributed by atoms with Crippen LogP contribution in [0.4, 0.5) is 5.00 Å². The smallest absolute Gasteiger partial charge is 0.341 e. The minimum absolute atomic E-state index is 0.0695. The maximum Gasteiger partial charge on any atom is 0.341 e. The molecule has 33 heavy (non-hydrogen) atoms. The lowest BCUT2D eigenvalue weighted by Crippen LogP contribution is -2.38. The largest absolute Gasteiger partial charge is 0.494 e. The van der Waals surface area contributed by atoms with Crippen LogP contribution in [0.3, 0.4) is 0 Å². The first-order valence-electron chi connectivity index (χ1n) is 11.4. The van der Waals surface area contributed by atoms with E-state index in [0.29, 0.717) is 23.6 Å². The molecule has 1 aromatic heterocycles. The summed E-state index contributed by atoms with van der Waals surface area (Å²) in [6, 6.07) is 9.77. The second kappa shape index (κ2) is 11.8. The maximum absolute atomic E-state index is 13.1. The van der Waals surface area contributed by atoms with Crippen molar-refractivity contribution in [3.05, 3.63) is 34.7 Å². The highest BCUT2D eigenvalue weighted by Crippen LogP contribution is 2.41. The molecule has 1 amide bonds. The molecule has 176 valence electrons. The van der Waals surface area contributed by atoms with Gasteiger partial charge in [0.15, 0.2) is 0 Å². The predicted octanol–water partition coefficient (Wildman–Crippen LogP) is 4.86. The molecule has 1 N–H and O–H groups in total. The Bertz CT molecular complexity index is 1000. The third kappa shape index (κ3) is 6.12. The lowest BCUT2D eigenvalue weighted by Gasteiger charge is -2.30. The van der Waals surface area contributed by atoms with Gasteiger partial charge in [-0.2, -0.15) is 5.26 Å². The SMILES string of the molecule is CCOC(=O)c1c(NC(=O)C2CCN(CCC#N)CC2)sc(C)c1-c1ccc(OCC)cc1. The van der Waals surface area contributed by atoms with Crippen molar-refractivity contribution in [1.29, 1.82) is 5.26 Å². The summed E-state index contributed by atoms with van der Waals surface area (Å²) in [6.07, 6.45) is 1.98. The van der Waals surface area contributed by atoms with E-state index in [1.165, 1.54) is 11.3 Å². The van der Waals surface area contributed by atoms with Crippen LogP contribution in [0, 0.1) is 24.2 Å². The molecule has 2 aromatic rings. The number of thiophene rings is 1. The van der Waals surface area contributed by atoms with Crippen molar-refractivity contribution >= 4 is 28.2 Å². The zero-order valence-corrected chi connectivity index (χ0v) is 20.3. The van der Waals surface area contributed by atoms with Crippen LogP contribution in [0.2, 0.25) is 0 Å². The van der Waals surface area contributed by atoms with E-state index in [0.717, 1.165) is 54.2 Å². The fourth-order valence-electron chi connectivity index (χ4n) is 4.10. The Hall–Kier alpha value is -2.89. The lowest BCUT2D eigenvalue weighted by molar-refractivity contribution is -0.121. The Labute approximate surface area is 199 Å². The Morgan fingerprint density at radius 3 is 2.48 bits per heavy atom. The molecule has 1 saturated heterocycles. The number of piperidine rings is 1. The van der Waals surface area contributed by atoms with Crippen molar-refractivity contribution in [2.75, 3.05) is 38.2 Å². The van der Waals surface area contributed by atoms with E-state index in [4.69, 9.17) is 14.7 Å². The summed E-state index contributed by atoms with van der Waals surface area (Å²) < 4.78 is 10.9. The van der Waals surface area contributed by atoms with Crippen LogP contribution in [-0.4, -0.2) is 49.6 Å². The van der Waals surface area contributed by atoms with Crippen LogP contribution in [0.1, 0.15) is 48.3 Å². The van der Waals surface area contributed by atoms with Gasteiger partial charge in [-0.3, -0.25) is 4.79 Å². The first-order valence-corrected chi connectivity index (χ1v) is 12.2. The van der Waals surface area contributed by atoms with Crippen LogP contribution in [0.15, 0.2) is 24.3 Å². The minimum Gasteiger partial charge on any atom is -0.494 e. The number of esters is 1. The molecule has 1 fully saturated rings. The number of nitrogens with zero attached hydrogens (tertiary/aromatic N) is 2. The standard InChI is InChI=1S/C25H31N3O4S/c1-4-31-20-9-7-18(8-10-20)21-17(3)33-24(22(21)25(30)32-5-2)27-23(29)19-11-15-28(16-12-19)14-6-13-26/h7-10,19H,4-6,11-12,14-16H2,1-3H3,(H,27,29). The molecule has 2 heterocycles. The molecule has 0 saturated carbocycles. The van der Waals surface area contributed by atoms with Crippen LogP contribution in [0.25, 0.3) is 11.1 Å². The molecule has 0 aliphatic carbocycles. The third-order valence-corrected chi connectivity index (χ3v) is 6.77. The summed E-state index contributed by atoms with van der Waals surface area (Å²) >= 11 is 1.40. The van der Waals surface area contributed by atoms with Crippen LogP contribution in [0.5, 0.6) is 5.75 Å². The van der Waals surface area contributed by atoms with Crippen molar-refractivity contribution < 1.29 is 19.1 Å². The van der Waals surface area contributed by atoms with E-state index in [9.17, 15) is 9.59 Å². The molecule has 1 aliphatic heterocycles. The molecule has 8 heteroatoms. The molecule has 1 aliphatic rings. The molecule has 0 unspecified atom stereocenters. The molecular formula is C25H31N3O4S. The highest BCUT2D eigenvalue weighted by Gasteiger charge is 2.29.